The van der Waals surface area contributed by atoms with Crippen LogP contribution in [0, 0.1) is 12.8 Å². The average Bonchev–Trinajstić information content (AvgIpc) is 3.18. The van der Waals surface area contributed by atoms with E-state index in [-0.39, 0.29) is 22.5 Å². The first kappa shape index (κ1) is 29.8. The predicted octanol–water partition coefficient (Wildman–Crippen LogP) is 7.40. The van der Waals surface area contributed by atoms with Gasteiger partial charge in [0, 0.05) is 19.6 Å². The maximum Gasteiger partial charge on any atom is 0.311 e. The molecule has 1 spiro atoms. The Morgan fingerprint density at radius 2 is 1.72 bits per heavy atom. The van der Waals surface area contributed by atoms with Gasteiger partial charge in [-0.3, -0.25) is 4.79 Å². The molecule has 1 atom stereocenters. The standard InChI is InChI=1S/C33H49NO4Si/c1-24-14-15-28(38-39(8,9)32(5,6)7)21-26(24)20-27(30(35)37-31(2,3)4)22-34-18-16-33(17-19-34)29-13-11-10-12-25(29)23-36-33/h10-15,21,27H,16-20,22-23H2,1-9H3. The lowest BCUT2D eigenvalue weighted by molar-refractivity contribution is -0.161. The fourth-order valence-corrected chi connectivity index (χ4v) is 6.48. The van der Waals surface area contributed by atoms with E-state index in [0.717, 1.165) is 37.2 Å². The van der Waals surface area contributed by atoms with Gasteiger partial charge in [0.15, 0.2) is 0 Å². The van der Waals surface area contributed by atoms with E-state index < -0.39 is 13.9 Å². The molecule has 4 rings (SSSR count). The minimum atomic E-state index is -1.97. The molecule has 0 bridgehead atoms. The van der Waals surface area contributed by atoms with Gasteiger partial charge in [-0.25, -0.2) is 0 Å². The summed E-state index contributed by atoms with van der Waals surface area (Å²) in [6.07, 6.45) is 2.52. The Kier molecular flexibility index (Phi) is 8.43. The topological polar surface area (TPSA) is 48.0 Å². The number of benzene rings is 2. The Labute approximate surface area is 237 Å². The monoisotopic (exact) mass is 551 g/mol. The number of hydrogen-bond acceptors (Lipinski definition) is 5. The molecule has 5 nitrogen and oxygen atoms in total. The summed E-state index contributed by atoms with van der Waals surface area (Å²) in [4.78, 5) is 15.9. The van der Waals surface area contributed by atoms with E-state index in [1.54, 1.807) is 0 Å². The quantitative estimate of drug-likeness (QED) is 0.265. The molecule has 0 radical (unpaired) electrons. The first-order valence-corrected chi connectivity index (χ1v) is 17.5. The van der Waals surface area contributed by atoms with Crippen LogP contribution < -0.4 is 4.43 Å². The maximum atomic E-state index is 13.5. The zero-order chi connectivity index (χ0) is 28.6. The van der Waals surface area contributed by atoms with Crippen molar-refractivity contribution in [1.82, 2.24) is 4.90 Å². The summed E-state index contributed by atoms with van der Waals surface area (Å²) < 4.78 is 18.9. The summed E-state index contributed by atoms with van der Waals surface area (Å²) in [7, 11) is -1.97. The van der Waals surface area contributed by atoms with Crippen LogP contribution in [0.15, 0.2) is 42.5 Å². The van der Waals surface area contributed by atoms with Crippen LogP contribution in [0.3, 0.4) is 0 Å². The lowest BCUT2D eigenvalue weighted by Gasteiger charge is -2.40. The molecule has 0 amide bonds. The largest absolute Gasteiger partial charge is 0.543 e. The van der Waals surface area contributed by atoms with Crippen molar-refractivity contribution in [1.29, 1.82) is 0 Å². The molecular formula is C33H49NO4Si. The summed E-state index contributed by atoms with van der Waals surface area (Å²) >= 11 is 0. The number of aryl methyl sites for hydroxylation is 1. The molecule has 1 unspecified atom stereocenters. The third-order valence-electron chi connectivity index (χ3n) is 8.86. The molecule has 39 heavy (non-hydrogen) atoms. The first-order valence-electron chi connectivity index (χ1n) is 14.5. The van der Waals surface area contributed by atoms with Gasteiger partial charge in [-0.05, 0) is 99.5 Å². The van der Waals surface area contributed by atoms with Gasteiger partial charge in [-0.15, -0.1) is 0 Å². The minimum absolute atomic E-state index is 0.117. The smallest absolute Gasteiger partial charge is 0.311 e. The van der Waals surface area contributed by atoms with Crippen LogP contribution in [0.2, 0.25) is 18.1 Å². The number of carbonyl (C=O) groups excluding carboxylic acids is 1. The number of hydrogen-bond donors (Lipinski definition) is 0. The van der Waals surface area contributed by atoms with E-state index in [2.05, 4.69) is 88.2 Å². The van der Waals surface area contributed by atoms with Gasteiger partial charge >= 0.3 is 5.97 Å². The average molecular weight is 552 g/mol. The molecule has 0 aromatic heterocycles. The molecule has 1 fully saturated rings. The molecule has 0 aliphatic carbocycles. The molecule has 0 saturated carbocycles. The SMILES string of the molecule is Cc1ccc(O[Si](C)(C)C(C)(C)C)cc1CC(CN1CCC2(CC1)OCc1ccccc12)C(=O)OC(C)(C)C. The zero-order valence-electron chi connectivity index (χ0n) is 25.6. The summed E-state index contributed by atoms with van der Waals surface area (Å²) in [6, 6.07) is 15.0. The number of rotatable bonds is 7. The normalized spacial score (nSPS) is 18.6. The van der Waals surface area contributed by atoms with Gasteiger partial charge in [-0.2, -0.15) is 0 Å². The van der Waals surface area contributed by atoms with Crippen molar-refractivity contribution in [2.75, 3.05) is 19.6 Å². The molecule has 214 valence electrons. The number of likely N-dealkylation sites (tertiary alicyclic amines) is 1. The Balaban J connectivity index is 1.50. The number of esters is 1. The van der Waals surface area contributed by atoms with Crippen LogP contribution in [-0.2, 0) is 32.9 Å². The molecule has 1 saturated heterocycles. The summed E-state index contributed by atoms with van der Waals surface area (Å²) in [5, 5.41) is 0.117. The van der Waals surface area contributed by atoms with Crippen LogP contribution in [0.5, 0.6) is 5.75 Å². The Hall–Kier alpha value is -2.15. The van der Waals surface area contributed by atoms with Crippen molar-refractivity contribution in [2.45, 2.75) is 104 Å². The second kappa shape index (κ2) is 11.0. The van der Waals surface area contributed by atoms with Gasteiger partial charge in [0.1, 0.15) is 11.4 Å². The van der Waals surface area contributed by atoms with Crippen molar-refractivity contribution < 1.29 is 18.7 Å². The predicted molar refractivity (Wildman–Crippen MR) is 161 cm³/mol. The van der Waals surface area contributed by atoms with Gasteiger partial charge in [0.05, 0.1) is 18.1 Å². The van der Waals surface area contributed by atoms with Gasteiger partial charge in [0.2, 0.25) is 8.32 Å². The number of nitrogens with zero attached hydrogens (tertiary/aromatic N) is 1. The molecule has 2 aromatic carbocycles. The fraction of sp³-hybridized carbons (Fsp3) is 0.606. The molecular weight excluding hydrogens is 502 g/mol. The molecule has 6 heteroatoms. The second-order valence-corrected chi connectivity index (χ2v) is 18.9. The van der Waals surface area contributed by atoms with E-state index in [1.807, 2.05) is 20.8 Å². The highest BCUT2D eigenvalue weighted by molar-refractivity contribution is 6.74. The van der Waals surface area contributed by atoms with Crippen molar-refractivity contribution in [3.63, 3.8) is 0 Å². The first-order chi connectivity index (χ1) is 18.1. The number of fused-ring (bicyclic) bond motifs is 2. The van der Waals surface area contributed by atoms with Crippen molar-refractivity contribution in [3.8, 4) is 5.75 Å². The minimum Gasteiger partial charge on any atom is -0.543 e. The van der Waals surface area contributed by atoms with Crippen molar-refractivity contribution in [3.05, 3.63) is 64.7 Å². The Morgan fingerprint density at radius 3 is 2.36 bits per heavy atom. The van der Waals surface area contributed by atoms with Crippen LogP contribution in [0.25, 0.3) is 0 Å². The summed E-state index contributed by atoms with van der Waals surface area (Å²) in [5.74, 6) is 0.527. The van der Waals surface area contributed by atoms with Crippen LogP contribution in [-0.4, -0.2) is 44.4 Å². The van der Waals surface area contributed by atoms with Gasteiger partial charge in [0.25, 0.3) is 0 Å². The van der Waals surface area contributed by atoms with Crippen LogP contribution in [0.4, 0.5) is 0 Å². The summed E-state index contributed by atoms with van der Waals surface area (Å²) in [5.41, 5.74) is 4.30. The third-order valence-corrected chi connectivity index (χ3v) is 13.2. The van der Waals surface area contributed by atoms with Gasteiger partial charge in [-0.1, -0.05) is 51.1 Å². The highest BCUT2D eigenvalue weighted by atomic mass is 28.4. The van der Waals surface area contributed by atoms with E-state index in [0.29, 0.717) is 19.6 Å². The van der Waals surface area contributed by atoms with Crippen LogP contribution in [0.1, 0.15) is 76.6 Å². The Morgan fingerprint density at radius 1 is 1.05 bits per heavy atom. The van der Waals surface area contributed by atoms with Crippen LogP contribution >= 0.6 is 0 Å². The number of piperidine rings is 1. The number of carbonyl (C=O) groups is 1. The fourth-order valence-electron chi connectivity index (χ4n) is 5.46. The van der Waals surface area contributed by atoms with Crippen molar-refractivity contribution >= 4 is 14.3 Å². The van der Waals surface area contributed by atoms with Gasteiger partial charge < -0.3 is 18.8 Å². The third kappa shape index (κ3) is 6.95. The molecule has 2 heterocycles. The summed E-state index contributed by atoms with van der Waals surface area (Å²) in [6.45, 7) is 22.4. The molecule has 2 aliphatic heterocycles. The number of ether oxygens (including phenoxy) is 2. The second-order valence-electron chi connectivity index (χ2n) is 14.1. The maximum absolute atomic E-state index is 13.5. The molecule has 0 N–H and O–H groups in total. The highest BCUT2D eigenvalue weighted by Gasteiger charge is 2.43. The van der Waals surface area contributed by atoms with E-state index in [9.17, 15) is 4.79 Å². The van der Waals surface area contributed by atoms with E-state index in [4.69, 9.17) is 13.9 Å². The lowest BCUT2D eigenvalue weighted by Crippen LogP contribution is -2.46. The van der Waals surface area contributed by atoms with E-state index >= 15 is 0 Å². The zero-order valence-corrected chi connectivity index (χ0v) is 26.6. The lowest BCUT2D eigenvalue weighted by atomic mass is 9.83. The highest BCUT2D eigenvalue weighted by Crippen LogP contribution is 2.44. The van der Waals surface area contributed by atoms with Crippen molar-refractivity contribution in [2.24, 2.45) is 5.92 Å². The van der Waals surface area contributed by atoms with E-state index in [1.165, 1.54) is 16.7 Å². The molecule has 2 aliphatic rings. The molecule has 2 aromatic rings. The Bertz CT molecular complexity index is 1170.